The Morgan fingerprint density at radius 2 is 0.853 bits per heavy atom. The smallest absolute Gasteiger partial charge is 0.154 e. The molecule has 2 rings (SSSR count). The Hall–Kier alpha value is -2.62. The van der Waals surface area contributed by atoms with Crippen LogP contribution in [0, 0.1) is 27.7 Å². The number of carbonyl (C=O) groups is 2. The molecule has 2 aromatic rings. The molecule has 4 heteroatoms. The Bertz CT molecular complexity index is 841. The first-order valence-electron chi connectivity index (χ1n) is 12.8. The van der Waals surface area contributed by atoms with Crippen molar-refractivity contribution in [3.63, 3.8) is 0 Å². The van der Waals surface area contributed by atoms with Crippen molar-refractivity contribution in [2.75, 3.05) is 13.2 Å². The minimum atomic E-state index is 0.669. The van der Waals surface area contributed by atoms with Crippen molar-refractivity contribution in [3.05, 3.63) is 57.6 Å². The number of ether oxygens (including phenoxy) is 2. The summed E-state index contributed by atoms with van der Waals surface area (Å²) in [5, 5.41) is 0. The molecule has 0 N–H and O–H groups in total. The summed E-state index contributed by atoms with van der Waals surface area (Å²) < 4.78 is 11.8. The molecule has 0 aliphatic heterocycles. The van der Waals surface area contributed by atoms with E-state index in [1.54, 1.807) is 0 Å². The van der Waals surface area contributed by atoms with Gasteiger partial charge >= 0.3 is 0 Å². The monoisotopic (exact) mass is 466 g/mol. The van der Waals surface area contributed by atoms with E-state index in [2.05, 4.69) is 0 Å². The fourth-order valence-electron chi connectivity index (χ4n) is 4.40. The maximum atomic E-state index is 11.3. The topological polar surface area (TPSA) is 52.6 Å². The van der Waals surface area contributed by atoms with Gasteiger partial charge in [0.1, 0.15) is 11.5 Å². The maximum Gasteiger partial charge on any atom is 0.154 e. The second kappa shape index (κ2) is 15.3. The van der Waals surface area contributed by atoms with Crippen LogP contribution in [-0.4, -0.2) is 25.8 Å². The molecule has 0 amide bonds. The predicted octanol–water partition coefficient (Wildman–Crippen LogP) is 7.90. The molecule has 4 nitrogen and oxygen atoms in total. The van der Waals surface area contributed by atoms with Crippen molar-refractivity contribution >= 4 is 12.6 Å². The highest BCUT2D eigenvalue weighted by molar-refractivity contribution is 5.82. The highest BCUT2D eigenvalue weighted by atomic mass is 16.5. The number of unbranched alkanes of at least 4 members (excludes halogenated alkanes) is 9. The molecule has 2 aromatic carbocycles. The Morgan fingerprint density at radius 3 is 1.18 bits per heavy atom. The summed E-state index contributed by atoms with van der Waals surface area (Å²) in [5.74, 6) is 1.44. The van der Waals surface area contributed by atoms with Gasteiger partial charge in [0.2, 0.25) is 0 Å². The van der Waals surface area contributed by atoms with Gasteiger partial charge in [-0.3, -0.25) is 9.59 Å². The number of rotatable bonds is 17. The van der Waals surface area contributed by atoms with Gasteiger partial charge in [0.05, 0.1) is 24.3 Å². The van der Waals surface area contributed by atoms with Crippen molar-refractivity contribution in [2.45, 2.75) is 91.9 Å². The number of hydrogen-bond acceptors (Lipinski definition) is 4. The summed E-state index contributed by atoms with van der Waals surface area (Å²) in [6, 6.07) is 7.94. The van der Waals surface area contributed by atoms with Gasteiger partial charge in [0.15, 0.2) is 12.6 Å². The average molecular weight is 467 g/mol. The Morgan fingerprint density at radius 1 is 0.529 bits per heavy atom. The van der Waals surface area contributed by atoms with E-state index in [0.717, 1.165) is 59.2 Å². The second-order valence-corrected chi connectivity index (χ2v) is 9.46. The quantitative estimate of drug-likeness (QED) is 0.176. The zero-order valence-electron chi connectivity index (χ0n) is 21.6. The van der Waals surface area contributed by atoms with E-state index in [-0.39, 0.29) is 0 Å². The Kier molecular flexibility index (Phi) is 12.4. The molecule has 0 heterocycles. The van der Waals surface area contributed by atoms with Gasteiger partial charge in [-0.05, 0) is 74.9 Å². The Labute approximate surface area is 206 Å². The van der Waals surface area contributed by atoms with E-state index in [1.807, 2.05) is 52.0 Å². The summed E-state index contributed by atoms with van der Waals surface area (Å²) in [7, 11) is 0. The van der Waals surface area contributed by atoms with Gasteiger partial charge in [-0.15, -0.1) is 0 Å². The molecule has 186 valence electrons. The normalized spacial score (nSPS) is 10.8. The summed E-state index contributed by atoms with van der Waals surface area (Å²) in [6.07, 6.45) is 13.8. The third-order valence-electron chi connectivity index (χ3n) is 6.28. The molecule has 0 unspecified atom stereocenters. The predicted molar refractivity (Wildman–Crippen MR) is 140 cm³/mol. The van der Waals surface area contributed by atoms with E-state index in [0.29, 0.717) is 24.3 Å². The van der Waals surface area contributed by atoms with Crippen LogP contribution in [0.4, 0.5) is 0 Å². The van der Waals surface area contributed by atoms with Crippen LogP contribution in [-0.2, 0) is 0 Å². The lowest BCUT2D eigenvalue weighted by molar-refractivity contribution is 0.111. The lowest BCUT2D eigenvalue weighted by Gasteiger charge is -2.11. The fraction of sp³-hybridized carbons (Fsp3) is 0.533. The average Bonchev–Trinajstić information content (AvgIpc) is 2.78. The van der Waals surface area contributed by atoms with Gasteiger partial charge in [-0.25, -0.2) is 0 Å². The zero-order valence-corrected chi connectivity index (χ0v) is 21.6. The zero-order chi connectivity index (χ0) is 24.8. The summed E-state index contributed by atoms with van der Waals surface area (Å²) in [4.78, 5) is 22.6. The van der Waals surface area contributed by atoms with Crippen LogP contribution in [0.5, 0.6) is 11.5 Å². The van der Waals surface area contributed by atoms with Gasteiger partial charge in [-0.2, -0.15) is 0 Å². The fourth-order valence-corrected chi connectivity index (χ4v) is 4.40. The number of aryl methyl sites for hydroxylation is 4. The largest absolute Gasteiger partial charge is 0.493 e. The molecule has 0 saturated heterocycles. The number of aldehydes is 2. The molecule has 0 bridgehead atoms. The van der Waals surface area contributed by atoms with Gasteiger partial charge in [-0.1, -0.05) is 63.5 Å². The lowest BCUT2D eigenvalue weighted by Crippen LogP contribution is -2.02. The summed E-state index contributed by atoms with van der Waals surface area (Å²) in [5.41, 5.74) is 5.55. The van der Waals surface area contributed by atoms with Crippen molar-refractivity contribution in [2.24, 2.45) is 0 Å². The third-order valence-corrected chi connectivity index (χ3v) is 6.28. The lowest BCUT2D eigenvalue weighted by atomic mass is 10.1. The first kappa shape index (κ1) is 27.6. The van der Waals surface area contributed by atoms with E-state index in [4.69, 9.17) is 9.47 Å². The number of benzene rings is 2. The first-order valence-corrected chi connectivity index (χ1v) is 12.8. The first-order chi connectivity index (χ1) is 16.5. The molecule has 0 aliphatic carbocycles. The van der Waals surface area contributed by atoms with Crippen molar-refractivity contribution < 1.29 is 19.1 Å². The molecule has 0 fully saturated rings. The van der Waals surface area contributed by atoms with Crippen LogP contribution in [0.2, 0.25) is 0 Å². The molecular formula is C30H42O4. The van der Waals surface area contributed by atoms with Crippen LogP contribution < -0.4 is 9.47 Å². The maximum absolute atomic E-state index is 11.3. The molecule has 0 saturated carbocycles. The van der Waals surface area contributed by atoms with Gasteiger partial charge < -0.3 is 9.47 Å². The van der Waals surface area contributed by atoms with Gasteiger partial charge in [0, 0.05) is 0 Å². The molecule has 34 heavy (non-hydrogen) atoms. The van der Waals surface area contributed by atoms with E-state index >= 15 is 0 Å². The van der Waals surface area contributed by atoms with Crippen LogP contribution in [0.1, 0.15) is 107 Å². The number of carbonyl (C=O) groups excluding carboxylic acids is 2. The van der Waals surface area contributed by atoms with E-state index in [9.17, 15) is 9.59 Å². The molecule has 0 aromatic heterocycles. The minimum Gasteiger partial charge on any atom is -0.493 e. The third kappa shape index (κ3) is 9.32. The van der Waals surface area contributed by atoms with Crippen molar-refractivity contribution in [3.8, 4) is 11.5 Å². The SMILES string of the molecule is Cc1cc(C)c(C=O)c(OCCCCCCCCCCCCOc2cc(C)cc(C)c2C=O)c1. The molecule has 0 atom stereocenters. The minimum absolute atomic E-state index is 0.669. The van der Waals surface area contributed by atoms with Crippen LogP contribution in [0.3, 0.4) is 0 Å². The highest BCUT2D eigenvalue weighted by Gasteiger charge is 2.08. The van der Waals surface area contributed by atoms with Crippen molar-refractivity contribution in [1.29, 1.82) is 0 Å². The van der Waals surface area contributed by atoms with E-state index in [1.165, 1.54) is 51.4 Å². The van der Waals surface area contributed by atoms with Gasteiger partial charge in [0.25, 0.3) is 0 Å². The van der Waals surface area contributed by atoms with Crippen molar-refractivity contribution in [1.82, 2.24) is 0 Å². The Balaban J connectivity index is 1.45. The molecular weight excluding hydrogens is 424 g/mol. The second-order valence-electron chi connectivity index (χ2n) is 9.46. The standard InChI is InChI=1S/C30H42O4/c1-23-17-25(3)27(21-31)29(19-23)33-15-13-11-9-7-5-6-8-10-12-14-16-34-30-20-24(2)18-26(4)28(30)22-32/h17-22H,5-16H2,1-4H3. The molecule has 0 radical (unpaired) electrons. The summed E-state index contributed by atoms with van der Waals surface area (Å²) in [6.45, 7) is 9.30. The van der Waals surface area contributed by atoms with E-state index < -0.39 is 0 Å². The summed E-state index contributed by atoms with van der Waals surface area (Å²) >= 11 is 0. The van der Waals surface area contributed by atoms with Crippen LogP contribution in [0.15, 0.2) is 24.3 Å². The molecule has 0 aliphatic rings. The van der Waals surface area contributed by atoms with Crippen LogP contribution >= 0.6 is 0 Å². The van der Waals surface area contributed by atoms with Crippen LogP contribution in [0.25, 0.3) is 0 Å². The highest BCUT2D eigenvalue weighted by Crippen LogP contribution is 2.24. The number of hydrogen-bond donors (Lipinski definition) is 0. The molecule has 0 spiro atoms.